The number of carbonyl (C=O) groups is 1. The van der Waals surface area contributed by atoms with Gasteiger partial charge in [0.15, 0.2) is 5.78 Å². The maximum Gasteiger partial charge on any atom is 0.174 e. The minimum atomic E-state index is -0.337. The summed E-state index contributed by atoms with van der Waals surface area (Å²) in [7, 11) is 1.52. The van der Waals surface area contributed by atoms with Crippen molar-refractivity contribution in [2.75, 3.05) is 7.11 Å². The molecular weight excluding hydrogens is 268 g/mol. The van der Waals surface area contributed by atoms with Crippen molar-refractivity contribution in [3.8, 4) is 17.2 Å². The topological polar surface area (TPSA) is 55.8 Å². The van der Waals surface area contributed by atoms with Crippen LogP contribution in [-0.4, -0.2) is 18.0 Å². The molecular formula is C17H16O4. The lowest BCUT2D eigenvalue weighted by Crippen LogP contribution is -2.21. The predicted octanol–water partition coefficient (Wildman–Crippen LogP) is 3.42. The van der Waals surface area contributed by atoms with Crippen molar-refractivity contribution in [2.45, 2.75) is 19.4 Å². The molecule has 108 valence electrons. The van der Waals surface area contributed by atoms with Crippen LogP contribution in [0.2, 0.25) is 0 Å². The Morgan fingerprint density at radius 3 is 2.67 bits per heavy atom. The zero-order valence-corrected chi connectivity index (χ0v) is 11.9. The number of carbonyl (C=O) groups excluding carboxylic acids is 1. The summed E-state index contributed by atoms with van der Waals surface area (Å²) in [6.45, 7) is 1.82. The van der Waals surface area contributed by atoms with Gasteiger partial charge in [-0.3, -0.25) is 4.79 Å². The molecule has 1 N–H and O–H groups in total. The number of phenols is 1. The molecule has 0 saturated carbocycles. The van der Waals surface area contributed by atoms with Crippen molar-refractivity contribution < 1.29 is 19.4 Å². The number of methoxy groups -OCH3 is 1. The average Bonchev–Trinajstić information content (AvgIpc) is 2.51. The standard InChI is InChI=1S/C17H16O4/c1-10-14(20-2)8-12(18)16-13(19)9-15(21-17(10)16)11-6-4-3-5-7-11/h3-8,15,18H,9H2,1-2H3/t15-/m0/s1. The Morgan fingerprint density at radius 2 is 2.00 bits per heavy atom. The Kier molecular flexibility index (Phi) is 3.29. The molecule has 4 nitrogen and oxygen atoms in total. The van der Waals surface area contributed by atoms with Crippen molar-refractivity contribution in [1.29, 1.82) is 0 Å². The van der Waals surface area contributed by atoms with Crippen molar-refractivity contribution >= 4 is 5.78 Å². The molecule has 0 bridgehead atoms. The SMILES string of the molecule is COc1cc(O)c2c(c1C)O[C@H](c1ccccc1)CC2=O. The van der Waals surface area contributed by atoms with E-state index >= 15 is 0 Å². The lowest BCUT2D eigenvalue weighted by atomic mass is 9.93. The van der Waals surface area contributed by atoms with E-state index in [4.69, 9.17) is 9.47 Å². The van der Waals surface area contributed by atoms with Crippen molar-refractivity contribution in [3.05, 3.63) is 53.1 Å². The number of benzene rings is 2. The van der Waals surface area contributed by atoms with Gasteiger partial charge in [0, 0.05) is 11.6 Å². The molecule has 3 rings (SSSR count). The van der Waals surface area contributed by atoms with E-state index in [1.54, 1.807) is 0 Å². The average molecular weight is 284 g/mol. The fourth-order valence-electron chi connectivity index (χ4n) is 2.66. The lowest BCUT2D eigenvalue weighted by Gasteiger charge is -2.28. The number of Topliss-reactive ketones (excluding diaryl/α,β-unsaturated/α-hetero) is 1. The quantitative estimate of drug-likeness (QED) is 0.918. The monoisotopic (exact) mass is 284 g/mol. The summed E-state index contributed by atoms with van der Waals surface area (Å²) in [6.07, 6.45) is -0.118. The summed E-state index contributed by atoms with van der Waals surface area (Å²) in [5.74, 6) is 0.710. The van der Waals surface area contributed by atoms with E-state index in [9.17, 15) is 9.90 Å². The van der Waals surface area contributed by atoms with E-state index in [0.29, 0.717) is 11.5 Å². The first-order chi connectivity index (χ1) is 10.1. The second kappa shape index (κ2) is 5.13. The highest BCUT2D eigenvalue weighted by atomic mass is 16.5. The van der Waals surface area contributed by atoms with Gasteiger partial charge in [-0.1, -0.05) is 30.3 Å². The lowest BCUT2D eigenvalue weighted by molar-refractivity contribution is 0.0843. The maximum atomic E-state index is 12.4. The van der Waals surface area contributed by atoms with Gasteiger partial charge in [0.1, 0.15) is 28.9 Å². The number of hydrogen-bond acceptors (Lipinski definition) is 4. The molecule has 2 aromatic carbocycles. The van der Waals surface area contributed by atoms with E-state index in [1.807, 2.05) is 37.3 Å². The molecule has 2 aromatic rings. The van der Waals surface area contributed by atoms with Gasteiger partial charge in [-0.05, 0) is 12.5 Å². The summed E-state index contributed by atoms with van der Waals surface area (Å²) in [6, 6.07) is 11.1. The molecule has 1 atom stereocenters. The fourth-order valence-corrected chi connectivity index (χ4v) is 2.66. The second-order valence-corrected chi connectivity index (χ2v) is 5.07. The van der Waals surface area contributed by atoms with Crippen LogP contribution in [0.1, 0.15) is 34.0 Å². The van der Waals surface area contributed by atoms with Gasteiger partial charge < -0.3 is 14.6 Å². The minimum Gasteiger partial charge on any atom is -0.507 e. The Morgan fingerprint density at radius 1 is 1.29 bits per heavy atom. The molecule has 0 aromatic heterocycles. The largest absolute Gasteiger partial charge is 0.507 e. The Balaban J connectivity index is 2.09. The highest BCUT2D eigenvalue weighted by molar-refractivity contribution is 6.03. The van der Waals surface area contributed by atoms with Gasteiger partial charge in [-0.25, -0.2) is 0 Å². The summed E-state index contributed by atoms with van der Waals surface area (Å²) >= 11 is 0. The van der Waals surface area contributed by atoms with Crippen molar-refractivity contribution in [3.63, 3.8) is 0 Å². The number of aromatic hydroxyl groups is 1. The first-order valence-electron chi connectivity index (χ1n) is 6.77. The molecule has 1 heterocycles. The summed E-state index contributed by atoms with van der Waals surface area (Å²) in [5.41, 5.74) is 1.91. The van der Waals surface area contributed by atoms with Crippen molar-refractivity contribution in [2.24, 2.45) is 0 Å². The molecule has 0 radical (unpaired) electrons. The van der Waals surface area contributed by atoms with Crippen LogP contribution in [-0.2, 0) is 0 Å². The Hall–Kier alpha value is -2.49. The molecule has 0 unspecified atom stereocenters. The van der Waals surface area contributed by atoms with Gasteiger partial charge in [0.05, 0.1) is 13.5 Å². The van der Waals surface area contributed by atoms with E-state index in [-0.39, 0.29) is 29.6 Å². The molecule has 1 aliphatic rings. The second-order valence-electron chi connectivity index (χ2n) is 5.07. The van der Waals surface area contributed by atoms with Gasteiger partial charge >= 0.3 is 0 Å². The highest BCUT2D eigenvalue weighted by Gasteiger charge is 2.32. The van der Waals surface area contributed by atoms with Crippen LogP contribution < -0.4 is 9.47 Å². The normalized spacial score (nSPS) is 17.0. The third kappa shape index (κ3) is 2.23. The van der Waals surface area contributed by atoms with Crippen LogP contribution in [0.3, 0.4) is 0 Å². The van der Waals surface area contributed by atoms with E-state index in [1.165, 1.54) is 13.2 Å². The smallest absolute Gasteiger partial charge is 0.174 e. The molecule has 0 amide bonds. The molecule has 0 fully saturated rings. The third-order valence-electron chi connectivity index (χ3n) is 3.76. The summed E-state index contributed by atoms with van der Waals surface area (Å²) < 4.78 is 11.2. The molecule has 0 saturated heterocycles. The number of rotatable bonds is 2. The van der Waals surface area contributed by atoms with Gasteiger partial charge in [-0.2, -0.15) is 0 Å². The van der Waals surface area contributed by atoms with Crippen LogP contribution in [0.4, 0.5) is 0 Å². The number of fused-ring (bicyclic) bond motifs is 1. The van der Waals surface area contributed by atoms with Crippen LogP contribution in [0.25, 0.3) is 0 Å². The fraction of sp³-hybridized carbons (Fsp3) is 0.235. The van der Waals surface area contributed by atoms with Gasteiger partial charge in [0.2, 0.25) is 0 Å². The first kappa shape index (κ1) is 13.5. The van der Waals surface area contributed by atoms with E-state index in [0.717, 1.165) is 11.1 Å². The van der Waals surface area contributed by atoms with Crippen molar-refractivity contribution in [1.82, 2.24) is 0 Å². The number of ketones is 1. The number of ether oxygens (including phenoxy) is 2. The third-order valence-corrected chi connectivity index (χ3v) is 3.76. The zero-order chi connectivity index (χ0) is 15.0. The maximum absolute atomic E-state index is 12.4. The van der Waals surface area contributed by atoms with Crippen LogP contribution in [0.15, 0.2) is 36.4 Å². The minimum absolute atomic E-state index is 0.0936. The summed E-state index contributed by atoms with van der Waals surface area (Å²) in [4.78, 5) is 12.4. The van der Waals surface area contributed by atoms with Gasteiger partial charge in [-0.15, -0.1) is 0 Å². The molecule has 4 heteroatoms. The molecule has 21 heavy (non-hydrogen) atoms. The van der Waals surface area contributed by atoms with Crippen LogP contribution in [0, 0.1) is 6.92 Å². The Labute approximate surface area is 122 Å². The number of hydrogen-bond donors (Lipinski definition) is 1. The highest BCUT2D eigenvalue weighted by Crippen LogP contribution is 2.44. The van der Waals surface area contributed by atoms with Gasteiger partial charge in [0.25, 0.3) is 0 Å². The van der Waals surface area contributed by atoms with Crippen LogP contribution >= 0.6 is 0 Å². The van der Waals surface area contributed by atoms with E-state index in [2.05, 4.69) is 0 Å². The first-order valence-corrected chi connectivity index (χ1v) is 6.77. The number of phenolic OH excluding ortho intramolecular Hbond substituents is 1. The zero-order valence-electron chi connectivity index (χ0n) is 11.9. The summed E-state index contributed by atoms with van der Waals surface area (Å²) in [5, 5.41) is 10.0. The van der Waals surface area contributed by atoms with Crippen LogP contribution in [0.5, 0.6) is 17.2 Å². The molecule has 0 spiro atoms. The predicted molar refractivity (Wildman–Crippen MR) is 78.2 cm³/mol. The van der Waals surface area contributed by atoms with E-state index < -0.39 is 0 Å². The Bertz CT molecular complexity index is 692. The molecule has 1 aliphatic heterocycles. The molecule has 0 aliphatic carbocycles.